The van der Waals surface area contributed by atoms with Gasteiger partial charge in [0.05, 0.1) is 19.1 Å². The number of carbonyl (C=O) groups excluding carboxylic acids is 2. The van der Waals surface area contributed by atoms with Gasteiger partial charge in [0.2, 0.25) is 0 Å². The van der Waals surface area contributed by atoms with Gasteiger partial charge in [0, 0.05) is 6.42 Å². The van der Waals surface area contributed by atoms with Crippen LogP contribution in [0.3, 0.4) is 0 Å². The minimum Gasteiger partial charge on any atom is -0.466 e. The summed E-state index contributed by atoms with van der Waals surface area (Å²) in [7, 11) is 0. The maximum absolute atomic E-state index is 12.5. The van der Waals surface area contributed by atoms with Crippen LogP contribution in [0, 0.1) is 17.8 Å². The van der Waals surface area contributed by atoms with Crippen LogP contribution < -0.4 is 0 Å². The molecule has 0 amide bonds. The van der Waals surface area contributed by atoms with E-state index in [0.29, 0.717) is 25.6 Å². The van der Waals surface area contributed by atoms with Crippen molar-refractivity contribution in [1.29, 1.82) is 0 Å². The molecule has 29 heavy (non-hydrogen) atoms. The molecule has 0 unspecified atom stereocenters. The highest BCUT2D eigenvalue weighted by molar-refractivity contribution is 5.73. The quantitative estimate of drug-likeness (QED) is 0.179. The minimum atomic E-state index is -0.0876. The molecule has 0 aromatic heterocycles. The van der Waals surface area contributed by atoms with Gasteiger partial charge in [0.25, 0.3) is 0 Å². The number of esters is 2. The lowest BCUT2D eigenvalue weighted by Crippen LogP contribution is -2.29. The smallest absolute Gasteiger partial charge is 0.309 e. The minimum absolute atomic E-state index is 0.0235. The van der Waals surface area contributed by atoms with E-state index in [1.54, 1.807) is 0 Å². The predicted octanol–water partition coefficient (Wildman–Crippen LogP) is 6.40. The molecule has 0 radical (unpaired) electrons. The van der Waals surface area contributed by atoms with Crippen molar-refractivity contribution in [3.05, 3.63) is 24.3 Å². The van der Waals surface area contributed by atoms with Gasteiger partial charge in [0.1, 0.15) is 0 Å². The normalized spacial score (nSPS) is 21.4. The summed E-state index contributed by atoms with van der Waals surface area (Å²) in [5.74, 6) is 0.484. The summed E-state index contributed by atoms with van der Waals surface area (Å²) < 4.78 is 10.3. The van der Waals surface area contributed by atoms with E-state index in [1.807, 2.05) is 13.8 Å². The molecule has 166 valence electrons. The fourth-order valence-electron chi connectivity index (χ4n) is 3.93. The fraction of sp³-hybridized carbons (Fsp3) is 0.760. The van der Waals surface area contributed by atoms with Crippen LogP contribution in [0.15, 0.2) is 24.3 Å². The average Bonchev–Trinajstić information content (AvgIpc) is 2.71. The van der Waals surface area contributed by atoms with Gasteiger partial charge < -0.3 is 9.47 Å². The summed E-state index contributed by atoms with van der Waals surface area (Å²) in [4.78, 5) is 23.8. The molecular weight excluding hydrogens is 364 g/mol. The average molecular weight is 407 g/mol. The summed E-state index contributed by atoms with van der Waals surface area (Å²) >= 11 is 0. The second-order valence-electron chi connectivity index (χ2n) is 7.99. The Labute approximate surface area is 178 Å². The number of ether oxygens (including phenoxy) is 2. The van der Waals surface area contributed by atoms with Crippen molar-refractivity contribution in [2.24, 2.45) is 17.8 Å². The molecule has 0 aromatic rings. The highest BCUT2D eigenvalue weighted by atomic mass is 16.5. The zero-order valence-corrected chi connectivity index (χ0v) is 18.9. The van der Waals surface area contributed by atoms with E-state index < -0.39 is 0 Å². The van der Waals surface area contributed by atoms with Crippen molar-refractivity contribution in [2.45, 2.75) is 91.4 Å². The summed E-state index contributed by atoms with van der Waals surface area (Å²) in [6.45, 7) is 6.83. The van der Waals surface area contributed by atoms with Crippen molar-refractivity contribution in [3.8, 4) is 0 Å². The molecule has 1 rings (SSSR count). The third-order valence-electron chi connectivity index (χ3n) is 5.57. The van der Waals surface area contributed by atoms with Crippen molar-refractivity contribution < 1.29 is 19.1 Å². The first-order valence-electron chi connectivity index (χ1n) is 11.8. The molecule has 0 saturated heterocycles. The molecule has 4 heteroatoms. The van der Waals surface area contributed by atoms with Gasteiger partial charge in [-0.3, -0.25) is 9.59 Å². The van der Waals surface area contributed by atoms with Crippen LogP contribution in [0.25, 0.3) is 0 Å². The number of unbranched alkanes of at least 4 members (excludes halogenated alkanes) is 6. The Morgan fingerprint density at radius 1 is 0.931 bits per heavy atom. The van der Waals surface area contributed by atoms with E-state index in [0.717, 1.165) is 51.4 Å². The van der Waals surface area contributed by atoms with Crippen molar-refractivity contribution in [1.82, 2.24) is 0 Å². The zero-order chi connectivity index (χ0) is 21.3. The van der Waals surface area contributed by atoms with Gasteiger partial charge in [-0.05, 0) is 51.4 Å². The molecule has 1 aliphatic carbocycles. The van der Waals surface area contributed by atoms with E-state index in [2.05, 4.69) is 31.2 Å². The molecule has 0 aliphatic heterocycles. The van der Waals surface area contributed by atoms with E-state index in [-0.39, 0.29) is 23.8 Å². The number of carbonyl (C=O) groups is 2. The lowest BCUT2D eigenvalue weighted by atomic mass is 9.76. The van der Waals surface area contributed by atoms with Crippen molar-refractivity contribution in [3.63, 3.8) is 0 Å². The van der Waals surface area contributed by atoms with E-state index >= 15 is 0 Å². The number of hydrogen-bond donors (Lipinski definition) is 0. The second-order valence-corrected chi connectivity index (χ2v) is 7.99. The summed E-state index contributed by atoms with van der Waals surface area (Å²) in [6, 6.07) is 0. The first-order chi connectivity index (χ1) is 14.1. The third-order valence-corrected chi connectivity index (χ3v) is 5.57. The fourth-order valence-corrected chi connectivity index (χ4v) is 3.93. The monoisotopic (exact) mass is 406 g/mol. The molecule has 0 heterocycles. The standard InChI is InChI=1S/C25H42O4/c1-4-7-8-12-15-21-18-19-22(23(20-21)25(27)29-6-3)16-13-10-9-11-14-17-24(26)28-5-2/h12,15,18-19,21-23H,4-11,13-14,16-17,20H2,1-3H3/b15-12+/t21-,22+,23-/m0/s1. The Balaban J connectivity index is 2.39. The SMILES string of the molecule is CCCC/C=C/[C@H]1C=C[C@@H](CCCCCCCC(=O)OCC)[C@@H](C(=O)OCC)C1. The molecule has 4 nitrogen and oxygen atoms in total. The van der Waals surface area contributed by atoms with Crippen LogP contribution in [0.2, 0.25) is 0 Å². The maximum atomic E-state index is 12.5. The molecule has 0 fully saturated rings. The molecule has 0 aromatic carbocycles. The predicted molar refractivity (Wildman–Crippen MR) is 118 cm³/mol. The highest BCUT2D eigenvalue weighted by Gasteiger charge is 2.32. The van der Waals surface area contributed by atoms with Crippen LogP contribution in [-0.4, -0.2) is 25.2 Å². The Bertz CT molecular complexity index is 509. The van der Waals surface area contributed by atoms with Crippen molar-refractivity contribution >= 4 is 11.9 Å². The van der Waals surface area contributed by atoms with Gasteiger partial charge in [-0.25, -0.2) is 0 Å². The van der Waals surface area contributed by atoms with E-state index in [4.69, 9.17) is 9.47 Å². The van der Waals surface area contributed by atoms with E-state index in [9.17, 15) is 9.59 Å². The Morgan fingerprint density at radius 2 is 1.66 bits per heavy atom. The summed E-state index contributed by atoms with van der Waals surface area (Å²) in [6.07, 6.45) is 20.4. The molecule has 0 saturated carbocycles. The van der Waals surface area contributed by atoms with Gasteiger partial charge >= 0.3 is 11.9 Å². The first-order valence-corrected chi connectivity index (χ1v) is 11.8. The maximum Gasteiger partial charge on any atom is 0.309 e. The summed E-state index contributed by atoms with van der Waals surface area (Å²) in [5, 5.41) is 0. The highest BCUT2D eigenvalue weighted by Crippen LogP contribution is 2.34. The van der Waals surface area contributed by atoms with Crippen LogP contribution in [0.5, 0.6) is 0 Å². The van der Waals surface area contributed by atoms with Crippen molar-refractivity contribution in [2.75, 3.05) is 13.2 Å². The Kier molecular flexibility index (Phi) is 14.3. The molecule has 0 spiro atoms. The molecule has 1 aliphatic rings. The lowest BCUT2D eigenvalue weighted by Gasteiger charge is -2.29. The van der Waals surface area contributed by atoms with Gasteiger partial charge in [-0.15, -0.1) is 0 Å². The third kappa shape index (κ3) is 11.3. The number of allylic oxidation sites excluding steroid dienone is 4. The summed E-state index contributed by atoms with van der Waals surface area (Å²) in [5.41, 5.74) is 0. The molecule has 3 atom stereocenters. The Morgan fingerprint density at radius 3 is 2.38 bits per heavy atom. The first kappa shape index (κ1) is 25.5. The molecule has 0 bridgehead atoms. The van der Waals surface area contributed by atoms with Crippen LogP contribution in [0.1, 0.15) is 91.4 Å². The molecular formula is C25H42O4. The molecule has 0 N–H and O–H groups in total. The number of rotatable bonds is 15. The van der Waals surface area contributed by atoms with Crippen LogP contribution in [0.4, 0.5) is 0 Å². The van der Waals surface area contributed by atoms with E-state index in [1.165, 1.54) is 12.8 Å². The topological polar surface area (TPSA) is 52.6 Å². The van der Waals surface area contributed by atoms with Crippen LogP contribution >= 0.6 is 0 Å². The van der Waals surface area contributed by atoms with Gasteiger partial charge in [0.15, 0.2) is 0 Å². The Hall–Kier alpha value is -1.58. The van der Waals surface area contributed by atoms with Crippen LogP contribution in [-0.2, 0) is 19.1 Å². The van der Waals surface area contributed by atoms with Gasteiger partial charge in [-0.2, -0.15) is 0 Å². The lowest BCUT2D eigenvalue weighted by molar-refractivity contribution is -0.150. The van der Waals surface area contributed by atoms with Gasteiger partial charge in [-0.1, -0.05) is 69.8 Å². The number of hydrogen-bond acceptors (Lipinski definition) is 4. The largest absolute Gasteiger partial charge is 0.466 e. The second kappa shape index (κ2) is 16.2. The zero-order valence-electron chi connectivity index (χ0n) is 18.9.